The Kier molecular flexibility index (Phi) is 5.29. The number of para-hydroxylation sites is 1. The van der Waals surface area contributed by atoms with Crippen molar-refractivity contribution in [3.8, 4) is 17.2 Å². The predicted molar refractivity (Wildman–Crippen MR) is 101 cm³/mol. The molecule has 0 aliphatic heterocycles. The fourth-order valence-electron chi connectivity index (χ4n) is 2.18. The van der Waals surface area contributed by atoms with Gasteiger partial charge >= 0.3 is 0 Å². The highest BCUT2D eigenvalue weighted by molar-refractivity contribution is 9.10. The van der Waals surface area contributed by atoms with Crippen molar-refractivity contribution in [2.45, 2.75) is 0 Å². The third kappa shape index (κ3) is 4.24. The van der Waals surface area contributed by atoms with Gasteiger partial charge in [-0.05, 0) is 54.6 Å². The summed E-state index contributed by atoms with van der Waals surface area (Å²) in [5.41, 5.74) is 1.76. The van der Waals surface area contributed by atoms with Crippen LogP contribution in [0.15, 0.2) is 82.3 Å². The summed E-state index contributed by atoms with van der Waals surface area (Å²) in [6, 6.07) is 23.1. The molecule has 0 aromatic heterocycles. The quantitative estimate of drug-likeness (QED) is 0.507. The number of ether oxygens (including phenoxy) is 2. The molecule has 0 amide bonds. The number of aliphatic imine (C=N–C) groups is 1. The van der Waals surface area contributed by atoms with Crippen LogP contribution in [-0.4, -0.2) is 13.3 Å². The van der Waals surface area contributed by atoms with Crippen LogP contribution >= 0.6 is 15.9 Å². The Labute approximate surface area is 149 Å². The summed E-state index contributed by atoms with van der Waals surface area (Å²) in [4.78, 5) is 4.49. The van der Waals surface area contributed by atoms with E-state index >= 15 is 0 Å². The summed E-state index contributed by atoms with van der Waals surface area (Å²) in [5.74, 6) is 2.37. The summed E-state index contributed by atoms with van der Waals surface area (Å²) in [6.45, 7) is 0. The third-order valence-electron chi connectivity index (χ3n) is 3.36. The van der Waals surface area contributed by atoms with Crippen LogP contribution < -0.4 is 9.47 Å². The van der Waals surface area contributed by atoms with Crippen molar-refractivity contribution in [2.24, 2.45) is 4.99 Å². The molecule has 0 radical (unpaired) electrons. The van der Waals surface area contributed by atoms with E-state index in [1.807, 2.05) is 72.8 Å². The lowest BCUT2D eigenvalue weighted by Gasteiger charge is -2.06. The summed E-state index contributed by atoms with van der Waals surface area (Å²) >= 11 is 3.46. The van der Waals surface area contributed by atoms with E-state index in [0.29, 0.717) is 0 Å². The Balaban J connectivity index is 1.73. The average molecular weight is 382 g/mol. The summed E-state index contributed by atoms with van der Waals surface area (Å²) < 4.78 is 12.1. The Morgan fingerprint density at radius 3 is 2.29 bits per heavy atom. The highest BCUT2D eigenvalue weighted by Gasteiger charge is 2.01. The molecule has 24 heavy (non-hydrogen) atoms. The second kappa shape index (κ2) is 7.79. The molecular weight excluding hydrogens is 366 g/mol. The van der Waals surface area contributed by atoms with Crippen molar-refractivity contribution < 1.29 is 9.47 Å². The van der Waals surface area contributed by atoms with Crippen molar-refractivity contribution >= 4 is 27.8 Å². The molecule has 0 saturated carbocycles. The van der Waals surface area contributed by atoms with Crippen LogP contribution in [0.1, 0.15) is 5.56 Å². The van der Waals surface area contributed by atoms with Gasteiger partial charge in [0.1, 0.15) is 17.2 Å². The van der Waals surface area contributed by atoms with Gasteiger partial charge < -0.3 is 9.47 Å². The first-order valence-electron chi connectivity index (χ1n) is 7.45. The van der Waals surface area contributed by atoms with Gasteiger partial charge in [-0.3, -0.25) is 4.99 Å². The molecule has 3 aromatic rings. The van der Waals surface area contributed by atoms with E-state index in [1.54, 1.807) is 13.3 Å². The lowest BCUT2D eigenvalue weighted by Crippen LogP contribution is -1.90. The molecule has 0 saturated heterocycles. The highest BCUT2D eigenvalue weighted by atomic mass is 79.9. The van der Waals surface area contributed by atoms with Crippen LogP contribution in [0.5, 0.6) is 17.2 Å². The molecule has 3 nitrogen and oxygen atoms in total. The number of hydrogen-bond acceptors (Lipinski definition) is 3. The van der Waals surface area contributed by atoms with E-state index in [4.69, 9.17) is 9.47 Å². The fourth-order valence-corrected chi connectivity index (χ4v) is 2.55. The average Bonchev–Trinajstić information content (AvgIpc) is 2.62. The molecule has 3 aromatic carbocycles. The maximum Gasteiger partial charge on any atom is 0.127 e. The van der Waals surface area contributed by atoms with E-state index < -0.39 is 0 Å². The predicted octanol–water partition coefficient (Wildman–Crippen LogP) is 6.00. The minimum atomic E-state index is 0.778. The Morgan fingerprint density at radius 1 is 0.875 bits per heavy atom. The summed E-state index contributed by atoms with van der Waals surface area (Å²) in [5, 5.41) is 0. The summed E-state index contributed by atoms with van der Waals surface area (Å²) in [6.07, 6.45) is 1.79. The Bertz CT molecular complexity index is 830. The van der Waals surface area contributed by atoms with Gasteiger partial charge in [-0.2, -0.15) is 0 Å². The SMILES string of the molecule is COc1ccc(Br)cc1C=Nc1ccc(Oc2ccccc2)cc1. The largest absolute Gasteiger partial charge is 0.496 e. The molecule has 4 heteroatoms. The molecular formula is C20H16BrNO2. The van der Waals surface area contributed by atoms with Gasteiger partial charge in [0.15, 0.2) is 0 Å². The van der Waals surface area contributed by atoms with Gasteiger partial charge in [0, 0.05) is 16.3 Å². The summed E-state index contributed by atoms with van der Waals surface area (Å²) in [7, 11) is 1.65. The zero-order valence-corrected chi connectivity index (χ0v) is 14.7. The van der Waals surface area contributed by atoms with E-state index in [-0.39, 0.29) is 0 Å². The van der Waals surface area contributed by atoms with Gasteiger partial charge in [0.2, 0.25) is 0 Å². The lowest BCUT2D eigenvalue weighted by molar-refractivity contribution is 0.414. The second-order valence-corrected chi connectivity index (χ2v) is 5.97. The number of nitrogens with zero attached hydrogens (tertiary/aromatic N) is 1. The molecule has 3 rings (SSSR count). The Hall–Kier alpha value is -2.59. The first kappa shape index (κ1) is 16.3. The van der Waals surface area contributed by atoms with Crippen molar-refractivity contribution in [3.05, 3.63) is 82.8 Å². The zero-order valence-electron chi connectivity index (χ0n) is 13.1. The normalized spacial score (nSPS) is 10.8. The smallest absolute Gasteiger partial charge is 0.127 e. The van der Waals surface area contributed by atoms with Gasteiger partial charge in [0.25, 0.3) is 0 Å². The zero-order chi connectivity index (χ0) is 16.8. The number of benzene rings is 3. The highest BCUT2D eigenvalue weighted by Crippen LogP contribution is 2.25. The van der Waals surface area contributed by atoms with Crippen LogP contribution in [0.2, 0.25) is 0 Å². The van der Waals surface area contributed by atoms with Crippen LogP contribution in [0.25, 0.3) is 0 Å². The van der Waals surface area contributed by atoms with Gasteiger partial charge in [-0.15, -0.1) is 0 Å². The first-order chi connectivity index (χ1) is 11.7. The first-order valence-corrected chi connectivity index (χ1v) is 8.24. The lowest BCUT2D eigenvalue weighted by atomic mass is 10.2. The van der Waals surface area contributed by atoms with Crippen molar-refractivity contribution in [1.29, 1.82) is 0 Å². The van der Waals surface area contributed by atoms with E-state index in [1.165, 1.54) is 0 Å². The Morgan fingerprint density at radius 2 is 1.58 bits per heavy atom. The topological polar surface area (TPSA) is 30.8 Å². The maximum absolute atomic E-state index is 5.77. The molecule has 0 N–H and O–H groups in total. The molecule has 120 valence electrons. The van der Waals surface area contributed by atoms with E-state index in [2.05, 4.69) is 20.9 Å². The number of hydrogen-bond donors (Lipinski definition) is 0. The minimum absolute atomic E-state index is 0.778. The molecule has 0 heterocycles. The standard InChI is InChI=1S/C20H16BrNO2/c1-23-20-12-7-16(21)13-15(20)14-22-17-8-10-19(11-9-17)24-18-5-3-2-4-6-18/h2-14H,1H3. The molecule has 0 aliphatic rings. The van der Waals surface area contributed by atoms with Crippen LogP contribution in [-0.2, 0) is 0 Å². The monoisotopic (exact) mass is 381 g/mol. The fraction of sp³-hybridized carbons (Fsp3) is 0.0500. The third-order valence-corrected chi connectivity index (χ3v) is 3.85. The van der Waals surface area contributed by atoms with E-state index in [0.717, 1.165) is 33.0 Å². The van der Waals surface area contributed by atoms with Crippen LogP contribution in [0.3, 0.4) is 0 Å². The molecule has 0 bridgehead atoms. The van der Waals surface area contributed by atoms with Gasteiger partial charge in [-0.25, -0.2) is 0 Å². The van der Waals surface area contributed by atoms with Crippen molar-refractivity contribution in [2.75, 3.05) is 7.11 Å². The molecule has 0 atom stereocenters. The van der Waals surface area contributed by atoms with Crippen molar-refractivity contribution in [1.82, 2.24) is 0 Å². The van der Waals surface area contributed by atoms with Crippen molar-refractivity contribution in [3.63, 3.8) is 0 Å². The van der Waals surface area contributed by atoms with Crippen LogP contribution in [0, 0.1) is 0 Å². The second-order valence-electron chi connectivity index (χ2n) is 5.05. The number of rotatable bonds is 5. The van der Waals surface area contributed by atoms with Crippen LogP contribution in [0.4, 0.5) is 5.69 Å². The molecule has 0 aliphatic carbocycles. The number of halogens is 1. The van der Waals surface area contributed by atoms with Gasteiger partial charge in [0.05, 0.1) is 12.8 Å². The molecule has 0 fully saturated rings. The molecule has 0 spiro atoms. The maximum atomic E-state index is 5.77. The number of methoxy groups -OCH3 is 1. The van der Waals surface area contributed by atoms with Gasteiger partial charge in [-0.1, -0.05) is 34.1 Å². The molecule has 0 unspecified atom stereocenters. The van der Waals surface area contributed by atoms with E-state index in [9.17, 15) is 0 Å². The minimum Gasteiger partial charge on any atom is -0.496 e.